The van der Waals surface area contributed by atoms with Gasteiger partial charge in [-0.05, 0) is 37.7 Å². The molecule has 1 rings (SSSR count). The van der Waals surface area contributed by atoms with E-state index in [-0.39, 0.29) is 0 Å². The maximum absolute atomic E-state index is 5.69. The summed E-state index contributed by atoms with van der Waals surface area (Å²) in [5, 5.41) is 0. The first-order valence-electron chi connectivity index (χ1n) is 6.47. The van der Waals surface area contributed by atoms with E-state index >= 15 is 0 Å². The quantitative estimate of drug-likeness (QED) is 0.607. The maximum atomic E-state index is 5.69. The number of nitrogens with one attached hydrogen (secondary N) is 1. The zero-order valence-corrected chi connectivity index (χ0v) is 11.7. The number of hydrogen-bond donors (Lipinski definition) is 2. The summed E-state index contributed by atoms with van der Waals surface area (Å²) in [6, 6.07) is 7.06. The molecule has 3 N–H and O–H groups in total. The molecular weight excluding hydrogens is 208 g/mol. The molecule has 0 fully saturated rings. The van der Waals surface area contributed by atoms with Crippen LogP contribution in [0.5, 0.6) is 0 Å². The van der Waals surface area contributed by atoms with Gasteiger partial charge in [-0.2, -0.15) is 0 Å². The molecule has 2 unspecified atom stereocenters. The summed E-state index contributed by atoms with van der Waals surface area (Å²) in [6.45, 7) is 11.0. The lowest BCUT2D eigenvalue weighted by atomic mass is 9.86. The number of hydrogen-bond acceptors (Lipinski definition) is 2. The minimum Gasteiger partial charge on any atom is -0.271 e. The molecule has 2 nitrogen and oxygen atoms in total. The monoisotopic (exact) mass is 234 g/mol. The minimum atomic E-state index is 0.344. The summed E-state index contributed by atoms with van der Waals surface area (Å²) >= 11 is 0. The average molecular weight is 234 g/mol. The van der Waals surface area contributed by atoms with Crippen molar-refractivity contribution in [1.82, 2.24) is 5.43 Å². The lowest BCUT2D eigenvalue weighted by Crippen LogP contribution is -2.43. The topological polar surface area (TPSA) is 38.0 Å². The molecule has 96 valence electrons. The van der Waals surface area contributed by atoms with E-state index in [2.05, 4.69) is 58.2 Å². The Balaban J connectivity index is 2.80. The smallest absolute Gasteiger partial charge is 0.0278 e. The van der Waals surface area contributed by atoms with E-state index in [1.165, 1.54) is 16.7 Å². The SMILES string of the molecule is Cc1cc(C)cc(CC(NN)C(C)C(C)C)c1. The van der Waals surface area contributed by atoms with Crippen LogP contribution in [-0.4, -0.2) is 6.04 Å². The van der Waals surface area contributed by atoms with Crippen LogP contribution in [0.3, 0.4) is 0 Å². The van der Waals surface area contributed by atoms with Crippen molar-refractivity contribution in [2.75, 3.05) is 0 Å². The summed E-state index contributed by atoms with van der Waals surface area (Å²) in [6.07, 6.45) is 0.998. The first-order chi connectivity index (χ1) is 7.93. The standard InChI is InChI=1S/C15H26N2/c1-10(2)13(5)15(17-16)9-14-7-11(3)6-12(4)8-14/h6-8,10,13,15,17H,9,16H2,1-5H3. The molecule has 0 bridgehead atoms. The number of nitrogens with two attached hydrogens (primary N) is 1. The number of benzene rings is 1. The highest BCUT2D eigenvalue weighted by Gasteiger charge is 2.19. The van der Waals surface area contributed by atoms with E-state index in [4.69, 9.17) is 5.84 Å². The second-order valence-corrected chi connectivity index (χ2v) is 5.58. The fourth-order valence-corrected chi connectivity index (χ4v) is 2.30. The predicted molar refractivity (Wildman–Crippen MR) is 74.7 cm³/mol. The third kappa shape index (κ3) is 4.14. The van der Waals surface area contributed by atoms with Crippen molar-refractivity contribution in [3.05, 3.63) is 34.9 Å². The van der Waals surface area contributed by atoms with Crippen LogP contribution < -0.4 is 11.3 Å². The van der Waals surface area contributed by atoms with Gasteiger partial charge in [-0.25, -0.2) is 0 Å². The van der Waals surface area contributed by atoms with Crippen LogP contribution in [0.25, 0.3) is 0 Å². The molecule has 0 spiro atoms. The molecule has 0 saturated carbocycles. The zero-order chi connectivity index (χ0) is 13.0. The molecule has 0 heterocycles. The molecule has 0 aliphatic heterocycles. The summed E-state index contributed by atoms with van der Waals surface area (Å²) in [7, 11) is 0. The molecule has 2 atom stereocenters. The lowest BCUT2D eigenvalue weighted by Gasteiger charge is -2.26. The van der Waals surface area contributed by atoms with Crippen LogP contribution in [-0.2, 0) is 6.42 Å². The van der Waals surface area contributed by atoms with Gasteiger partial charge in [-0.1, -0.05) is 50.1 Å². The molecule has 0 radical (unpaired) electrons. The third-order valence-electron chi connectivity index (χ3n) is 3.64. The number of hydrazine groups is 1. The van der Waals surface area contributed by atoms with Crippen molar-refractivity contribution in [3.63, 3.8) is 0 Å². The molecule has 0 amide bonds. The van der Waals surface area contributed by atoms with Gasteiger partial charge in [0.15, 0.2) is 0 Å². The third-order valence-corrected chi connectivity index (χ3v) is 3.64. The van der Waals surface area contributed by atoms with Gasteiger partial charge in [-0.3, -0.25) is 11.3 Å². The van der Waals surface area contributed by atoms with Gasteiger partial charge in [-0.15, -0.1) is 0 Å². The first-order valence-corrected chi connectivity index (χ1v) is 6.47. The van der Waals surface area contributed by atoms with Gasteiger partial charge in [0.1, 0.15) is 0 Å². The van der Waals surface area contributed by atoms with Crippen molar-refractivity contribution < 1.29 is 0 Å². The van der Waals surface area contributed by atoms with Crippen molar-refractivity contribution in [1.29, 1.82) is 0 Å². The van der Waals surface area contributed by atoms with Crippen molar-refractivity contribution in [3.8, 4) is 0 Å². The highest BCUT2D eigenvalue weighted by molar-refractivity contribution is 5.29. The normalized spacial score (nSPS) is 15.0. The molecule has 1 aromatic carbocycles. The van der Waals surface area contributed by atoms with Gasteiger partial charge < -0.3 is 0 Å². The van der Waals surface area contributed by atoms with E-state index < -0.39 is 0 Å². The van der Waals surface area contributed by atoms with Crippen LogP contribution >= 0.6 is 0 Å². The fraction of sp³-hybridized carbons (Fsp3) is 0.600. The van der Waals surface area contributed by atoms with Crippen LogP contribution in [0, 0.1) is 25.7 Å². The van der Waals surface area contributed by atoms with Gasteiger partial charge in [0.2, 0.25) is 0 Å². The molecule has 0 saturated heterocycles. The average Bonchev–Trinajstić information content (AvgIpc) is 2.23. The number of rotatable bonds is 5. The van der Waals surface area contributed by atoms with Crippen LogP contribution in [0.15, 0.2) is 18.2 Å². The predicted octanol–water partition coefficient (Wildman–Crippen LogP) is 2.97. The second kappa shape index (κ2) is 6.18. The van der Waals surface area contributed by atoms with Crippen molar-refractivity contribution >= 4 is 0 Å². The number of aryl methyl sites for hydroxylation is 2. The Labute approximate surface area is 106 Å². The molecular formula is C15H26N2. The largest absolute Gasteiger partial charge is 0.271 e. The molecule has 0 aromatic heterocycles. The highest BCUT2D eigenvalue weighted by Crippen LogP contribution is 2.19. The highest BCUT2D eigenvalue weighted by atomic mass is 15.2. The molecule has 1 aromatic rings. The van der Waals surface area contributed by atoms with Crippen LogP contribution in [0.4, 0.5) is 0 Å². The fourth-order valence-electron chi connectivity index (χ4n) is 2.30. The summed E-state index contributed by atoms with van der Waals surface area (Å²) in [4.78, 5) is 0. The maximum Gasteiger partial charge on any atom is 0.0278 e. The molecule has 0 aliphatic rings. The zero-order valence-electron chi connectivity index (χ0n) is 11.7. The van der Waals surface area contributed by atoms with Crippen LogP contribution in [0.1, 0.15) is 37.5 Å². The van der Waals surface area contributed by atoms with Gasteiger partial charge in [0, 0.05) is 6.04 Å². The Hall–Kier alpha value is -0.860. The Morgan fingerprint density at radius 3 is 2.00 bits per heavy atom. The van der Waals surface area contributed by atoms with E-state index in [1.807, 2.05) is 0 Å². The van der Waals surface area contributed by atoms with Crippen molar-refractivity contribution in [2.24, 2.45) is 17.7 Å². The van der Waals surface area contributed by atoms with E-state index in [9.17, 15) is 0 Å². The summed E-state index contributed by atoms with van der Waals surface area (Å²) in [5.74, 6) is 6.90. The Morgan fingerprint density at radius 2 is 1.59 bits per heavy atom. The minimum absolute atomic E-state index is 0.344. The first kappa shape index (κ1) is 14.2. The molecule has 17 heavy (non-hydrogen) atoms. The summed E-state index contributed by atoms with van der Waals surface area (Å²) < 4.78 is 0. The van der Waals surface area contributed by atoms with Gasteiger partial charge in [0.05, 0.1) is 0 Å². The van der Waals surface area contributed by atoms with Gasteiger partial charge >= 0.3 is 0 Å². The van der Waals surface area contributed by atoms with Crippen LogP contribution in [0.2, 0.25) is 0 Å². The Morgan fingerprint density at radius 1 is 1.06 bits per heavy atom. The molecule has 0 aliphatic carbocycles. The van der Waals surface area contributed by atoms with E-state index in [0.717, 1.165) is 6.42 Å². The Bertz CT molecular complexity index is 338. The van der Waals surface area contributed by atoms with Gasteiger partial charge in [0.25, 0.3) is 0 Å². The Kier molecular flexibility index (Phi) is 5.16. The lowest BCUT2D eigenvalue weighted by molar-refractivity contribution is 0.299. The summed E-state index contributed by atoms with van der Waals surface area (Å²) in [5.41, 5.74) is 7.00. The van der Waals surface area contributed by atoms with E-state index in [1.54, 1.807) is 0 Å². The molecule has 2 heteroatoms. The second-order valence-electron chi connectivity index (χ2n) is 5.58. The van der Waals surface area contributed by atoms with E-state index in [0.29, 0.717) is 17.9 Å². The van der Waals surface area contributed by atoms with Crippen molar-refractivity contribution in [2.45, 2.75) is 47.1 Å².